The van der Waals surface area contributed by atoms with Gasteiger partial charge in [0.2, 0.25) is 5.91 Å². The Balaban J connectivity index is 1.38. The summed E-state index contributed by atoms with van der Waals surface area (Å²) in [5.41, 5.74) is 3.95. The van der Waals surface area contributed by atoms with E-state index in [1.807, 2.05) is 31.2 Å². The molecular weight excluding hydrogens is 494 g/mol. The minimum atomic E-state index is -0.682. The van der Waals surface area contributed by atoms with E-state index < -0.39 is 17.6 Å². The molecule has 0 bridgehead atoms. The first-order valence-electron chi connectivity index (χ1n) is 11.6. The molecule has 2 N–H and O–H groups in total. The Morgan fingerprint density at radius 3 is 2.54 bits per heavy atom. The SMILES string of the molecule is CCN(Cc1cccc(-n2nc3ccc(Cl)cc3n2)c1O)c1ccc(/C=C2\C(=O)CC(=O)NC2=O)cc1. The summed E-state index contributed by atoms with van der Waals surface area (Å²) in [6.45, 7) is 3.09. The van der Waals surface area contributed by atoms with E-state index in [4.69, 9.17) is 11.6 Å². The van der Waals surface area contributed by atoms with Gasteiger partial charge in [-0.05, 0) is 55.0 Å². The van der Waals surface area contributed by atoms with Crippen LogP contribution in [0, 0.1) is 0 Å². The molecule has 0 aliphatic carbocycles. The summed E-state index contributed by atoms with van der Waals surface area (Å²) in [5, 5.41) is 22.7. The van der Waals surface area contributed by atoms with Gasteiger partial charge in [-0.2, -0.15) is 0 Å². The lowest BCUT2D eigenvalue weighted by molar-refractivity contribution is -0.134. The van der Waals surface area contributed by atoms with Gasteiger partial charge in [-0.3, -0.25) is 19.7 Å². The lowest BCUT2D eigenvalue weighted by Crippen LogP contribution is -2.40. The molecule has 1 aliphatic heterocycles. The first-order chi connectivity index (χ1) is 17.8. The number of ketones is 1. The number of para-hydroxylation sites is 1. The standard InChI is InChI=1S/C27H22ClN5O4/c1-2-32(19-9-6-16(7-10-19)12-20-24(34)14-25(35)29-27(20)37)15-17-4-3-5-23(26(17)36)33-30-21-11-8-18(28)13-22(21)31-33/h3-13,36H,2,14-15H2,1H3,(H,29,35,37)/b20-12+. The highest BCUT2D eigenvalue weighted by molar-refractivity contribution is 6.32. The highest BCUT2D eigenvalue weighted by Gasteiger charge is 2.28. The summed E-state index contributed by atoms with van der Waals surface area (Å²) in [6, 6.07) is 18.0. The van der Waals surface area contributed by atoms with Gasteiger partial charge in [0.25, 0.3) is 5.91 Å². The molecule has 1 aromatic heterocycles. The number of rotatable bonds is 6. The molecule has 2 amide bonds. The first-order valence-corrected chi connectivity index (χ1v) is 12.0. The molecular formula is C27H22ClN5O4. The number of nitrogens with zero attached hydrogens (tertiary/aromatic N) is 4. The lowest BCUT2D eigenvalue weighted by Gasteiger charge is -2.24. The van der Waals surface area contributed by atoms with Crippen molar-refractivity contribution in [2.45, 2.75) is 19.9 Å². The van der Waals surface area contributed by atoms with Crippen molar-refractivity contribution in [3.8, 4) is 11.4 Å². The molecule has 10 heteroatoms. The Kier molecular flexibility index (Phi) is 6.45. The topological polar surface area (TPSA) is 117 Å². The molecule has 0 saturated carbocycles. The summed E-state index contributed by atoms with van der Waals surface area (Å²) in [7, 11) is 0. The van der Waals surface area contributed by atoms with Crippen molar-refractivity contribution in [1.29, 1.82) is 0 Å². The Labute approximate surface area is 217 Å². The van der Waals surface area contributed by atoms with Crippen molar-refractivity contribution in [2.75, 3.05) is 11.4 Å². The molecule has 0 atom stereocenters. The second-order valence-electron chi connectivity index (χ2n) is 8.55. The van der Waals surface area contributed by atoms with Gasteiger partial charge in [0, 0.05) is 29.4 Å². The van der Waals surface area contributed by atoms with E-state index >= 15 is 0 Å². The number of phenolic OH excluding ortho intramolecular Hbond substituents is 1. The van der Waals surface area contributed by atoms with E-state index in [0.717, 1.165) is 5.69 Å². The summed E-state index contributed by atoms with van der Waals surface area (Å²) >= 11 is 6.06. The predicted octanol–water partition coefficient (Wildman–Crippen LogP) is 3.81. The quantitative estimate of drug-likeness (QED) is 0.173. The van der Waals surface area contributed by atoms with Gasteiger partial charge in [-0.15, -0.1) is 15.0 Å². The summed E-state index contributed by atoms with van der Waals surface area (Å²) in [5.74, 6) is -1.69. The van der Waals surface area contributed by atoms with Gasteiger partial charge < -0.3 is 10.0 Å². The molecule has 1 saturated heterocycles. The van der Waals surface area contributed by atoms with Gasteiger partial charge in [0.1, 0.15) is 22.5 Å². The highest BCUT2D eigenvalue weighted by Crippen LogP contribution is 2.29. The number of benzene rings is 3. The molecule has 2 heterocycles. The van der Waals surface area contributed by atoms with Crippen LogP contribution in [0.4, 0.5) is 5.69 Å². The average Bonchev–Trinajstić information content (AvgIpc) is 3.29. The van der Waals surface area contributed by atoms with Crippen molar-refractivity contribution in [3.63, 3.8) is 0 Å². The molecule has 0 spiro atoms. The van der Waals surface area contributed by atoms with Gasteiger partial charge >= 0.3 is 0 Å². The number of carbonyl (C=O) groups excluding carboxylic acids is 3. The molecule has 4 aromatic rings. The van der Waals surface area contributed by atoms with Gasteiger partial charge in [-0.1, -0.05) is 35.9 Å². The van der Waals surface area contributed by atoms with E-state index in [2.05, 4.69) is 20.4 Å². The lowest BCUT2D eigenvalue weighted by atomic mass is 10.0. The van der Waals surface area contributed by atoms with Crippen molar-refractivity contribution in [2.24, 2.45) is 0 Å². The fourth-order valence-electron chi connectivity index (χ4n) is 4.15. The largest absolute Gasteiger partial charge is 0.505 e. The molecule has 186 valence electrons. The van der Waals surface area contributed by atoms with Crippen LogP contribution in [0.25, 0.3) is 22.8 Å². The van der Waals surface area contributed by atoms with E-state index in [0.29, 0.717) is 46.0 Å². The van der Waals surface area contributed by atoms with Gasteiger partial charge in [-0.25, -0.2) is 0 Å². The molecule has 5 rings (SSSR count). The van der Waals surface area contributed by atoms with E-state index in [-0.39, 0.29) is 17.7 Å². The third kappa shape index (κ3) is 4.94. The van der Waals surface area contributed by atoms with Gasteiger partial charge in [0.05, 0.1) is 12.0 Å². The van der Waals surface area contributed by atoms with Crippen molar-refractivity contribution >= 4 is 52.0 Å². The summed E-state index contributed by atoms with van der Waals surface area (Å²) < 4.78 is 0. The number of amides is 2. The maximum atomic E-state index is 12.1. The zero-order valence-corrected chi connectivity index (χ0v) is 20.6. The maximum Gasteiger partial charge on any atom is 0.261 e. The predicted molar refractivity (Wildman–Crippen MR) is 139 cm³/mol. The number of carbonyl (C=O) groups is 3. The van der Waals surface area contributed by atoms with Crippen LogP contribution in [0.2, 0.25) is 5.02 Å². The van der Waals surface area contributed by atoms with Crippen molar-refractivity contribution < 1.29 is 19.5 Å². The number of hydrogen-bond donors (Lipinski definition) is 2. The number of imide groups is 1. The Morgan fingerprint density at radius 1 is 1.05 bits per heavy atom. The van der Waals surface area contributed by atoms with Crippen LogP contribution in [-0.4, -0.2) is 44.2 Å². The molecule has 1 fully saturated rings. The van der Waals surface area contributed by atoms with Crippen molar-refractivity contribution in [1.82, 2.24) is 20.3 Å². The number of phenols is 1. The maximum absolute atomic E-state index is 12.1. The zero-order chi connectivity index (χ0) is 26.1. The van der Waals surface area contributed by atoms with E-state index in [1.165, 1.54) is 10.9 Å². The number of aromatic hydroxyl groups is 1. The molecule has 1 aliphatic rings. The van der Waals surface area contributed by atoms with Crippen LogP contribution in [-0.2, 0) is 20.9 Å². The van der Waals surface area contributed by atoms with Crippen LogP contribution in [0.3, 0.4) is 0 Å². The third-order valence-corrected chi connectivity index (χ3v) is 6.32. The number of Topliss-reactive ketones (excluding diaryl/α,β-unsaturated/α-hetero) is 1. The number of fused-ring (bicyclic) bond motifs is 1. The third-order valence-electron chi connectivity index (χ3n) is 6.09. The fourth-order valence-corrected chi connectivity index (χ4v) is 4.32. The second kappa shape index (κ2) is 9.87. The molecule has 0 unspecified atom stereocenters. The average molecular weight is 516 g/mol. The van der Waals surface area contributed by atoms with Crippen LogP contribution >= 0.6 is 11.6 Å². The first kappa shape index (κ1) is 24.2. The van der Waals surface area contributed by atoms with Crippen LogP contribution in [0.15, 0.2) is 66.2 Å². The number of anilines is 1. The molecule has 37 heavy (non-hydrogen) atoms. The number of hydrogen-bond acceptors (Lipinski definition) is 7. The Bertz CT molecular complexity index is 1550. The van der Waals surface area contributed by atoms with E-state index in [9.17, 15) is 19.5 Å². The zero-order valence-electron chi connectivity index (χ0n) is 19.8. The Morgan fingerprint density at radius 2 is 1.81 bits per heavy atom. The summed E-state index contributed by atoms with van der Waals surface area (Å²) in [6.07, 6.45) is 1.15. The molecule has 3 aromatic carbocycles. The second-order valence-corrected chi connectivity index (χ2v) is 8.98. The number of halogens is 1. The van der Waals surface area contributed by atoms with Crippen molar-refractivity contribution in [3.05, 3.63) is 82.4 Å². The fraction of sp³-hybridized carbons (Fsp3) is 0.148. The number of aromatic nitrogens is 3. The normalized spacial score (nSPS) is 14.9. The number of piperidine rings is 1. The van der Waals surface area contributed by atoms with E-state index in [1.54, 1.807) is 36.4 Å². The minimum absolute atomic E-state index is 0.0383. The molecule has 9 nitrogen and oxygen atoms in total. The summed E-state index contributed by atoms with van der Waals surface area (Å²) in [4.78, 5) is 38.9. The highest BCUT2D eigenvalue weighted by atomic mass is 35.5. The van der Waals surface area contributed by atoms with Crippen LogP contribution in [0.5, 0.6) is 5.75 Å². The smallest absolute Gasteiger partial charge is 0.261 e. The monoisotopic (exact) mass is 515 g/mol. The molecule has 0 radical (unpaired) electrons. The number of nitrogens with one attached hydrogen (secondary N) is 1. The van der Waals surface area contributed by atoms with Crippen LogP contribution < -0.4 is 10.2 Å². The van der Waals surface area contributed by atoms with Gasteiger partial charge in [0.15, 0.2) is 5.78 Å². The Hall–Kier alpha value is -4.50. The minimum Gasteiger partial charge on any atom is -0.505 e. The van der Waals surface area contributed by atoms with Crippen LogP contribution in [0.1, 0.15) is 24.5 Å².